The first kappa shape index (κ1) is 35.5. The fraction of sp³-hybridized carbons (Fsp3) is 0.0571. The molecular weight excluding hydrogens is 686 g/mol. The number of aromatic hydroxyl groups is 2. The van der Waals surface area contributed by atoms with Crippen LogP contribution in [0.1, 0.15) is 11.1 Å². The summed E-state index contributed by atoms with van der Waals surface area (Å²) in [4.78, 5) is 0. The van der Waals surface area contributed by atoms with E-state index in [1.807, 2.05) is 0 Å². The average Bonchev–Trinajstić information content (AvgIpc) is 3.51. The summed E-state index contributed by atoms with van der Waals surface area (Å²) < 4.78 is 71.0. The van der Waals surface area contributed by atoms with E-state index in [0.29, 0.717) is 0 Å². The molecule has 0 aliphatic carbocycles. The number of phenolic OH excluding ortho intramolecular Hbond substituents is 2. The number of hydrogen-bond donors (Lipinski definition) is 2. The molecule has 0 saturated heterocycles. The van der Waals surface area contributed by atoms with Gasteiger partial charge in [0.25, 0.3) is 0 Å². The first-order valence-electron chi connectivity index (χ1n) is 13.4. The van der Waals surface area contributed by atoms with E-state index >= 15 is 0 Å². The SMILES string of the molecule is Oc1ccc(C(F)(F)F)cc1.Oc1ccc(C(F)(F)F)cc1.[Zr]=[Si](c1ccccc1)c1ccccc1.c1ccc2[cH-]ccc2c1. The zero-order chi connectivity index (χ0) is 32.9. The van der Waals surface area contributed by atoms with Gasteiger partial charge in [-0.2, -0.15) is 43.9 Å². The van der Waals surface area contributed by atoms with Gasteiger partial charge >= 0.3 is 112 Å². The summed E-state index contributed by atoms with van der Waals surface area (Å²) in [6, 6.07) is 43.7. The van der Waals surface area contributed by atoms with Crippen LogP contribution in [0.2, 0.25) is 0 Å². The molecule has 0 unspecified atom stereocenters. The van der Waals surface area contributed by atoms with Crippen molar-refractivity contribution in [2.75, 3.05) is 0 Å². The standard InChI is InChI=1S/C12H10Si.C9H7.2C7H5F3O.Zr/c1-3-7-11(8-4-1)13-12-9-5-2-6-10-12;1-2-5-9-7-3-6-8(9)4-1;2*8-7(9,10)5-1-3-6(11)4-2-5;/h1-10H;1-7H;2*1-4,11H;/q;-1;;;. The van der Waals surface area contributed by atoms with E-state index in [1.54, 1.807) is 23.3 Å². The maximum atomic E-state index is 11.8. The Bertz CT molecular complexity index is 1610. The molecule has 2 nitrogen and oxygen atoms in total. The van der Waals surface area contributed by atoms with Crippen LogP contribution in [0.5, 0.6) is 11.5 Å². The van der Waals surface area contributed by atoms with Crippen molar-refractivity contribution in [3.63, 3.8) is 0 Å². The van der Waals surface area contributed by atoms with Gasteiger partial charge in [0, 0.05) is 0 Å². The third kappa shape index (κ3) is 12.1. The van der Waals surface area contributed by atoms with E-state index in [1.165, 1.54) is 21.1 Å². The first-order chi connectivity index (χ1) is 21.3. The number of alkyl halides is 6. The van der Waals surface area contributed by atoms with E-state index < -0.39 is 28.9 Å². The van der Waals surface area contributed by atoms with Crippen LogP contribution < -0.4 is 10.4 Å². The van der Waals surface area contributed by atoms with Crippen molar-refractivity contribution in [1.82, 2.24) is 0 Å². The van der Waals surface area contributed by atoms with Crippen molar-refractivity contribution in [1.29, 1.82) is 0 Å². The molecule has 0 spiro atoms. The first-order valence-corrected chi connectivity index (χ1v) is 18.6. The van der Waals surface area contributed by atoms with Gasteiger partial charge < -0.3 is 10.2 Å². The number of fused-ring (bicyclic) bond motifs is 1. The van der Waals surface area contributed by atoms with Crippen LogP contribution in [0.15, 0.2) is 152 Å². The van der Waals surface area contributed by atoms with Crippen LogP contribution >= 0.6 is 0 Å². The predicted octanol–water partition coefficient (Wildman–Crippen LogP) is 8.72. The quantitative estimate of drug-likeness (QED) is 0.107. The Morgan fingerprint density at radius 2 is 0.867 bits per heavy atom. The van der Waals surface area contributed by atoms with Crippen molar-refractivity contribution in [3.05, 3.63) is 163 Å². The van der Waals surface area contributed by atoms with Gasteiger partial charge in [-0.25, -0.2) is 0 Å². The number of halogens is 6. The molecule has 2 N–H and O–H groups in total. The monoisotopic (exact) mass is 711 g/mol. The Morgan fingerprint density at radius 3 is 1.24 bits per heavy atom. The molecule has 45 heavy (non-hydrogen) atoms. The molecule has 10 heteroatoms. The van der Waals surface area contributed by atoms with Gasteiger partial charge in [0.1, 0.15) is 11.5 Å². The van der Waals surface area contributed by atoms with Gasteiger partial charge in [0.2, 0.25) is 0 Å². The van der Waals surface area contributed by atoms with Gasteiger partial charge in [-0.1, -0.05) is 6.07 Å². The second kappa shape index (κ2) is 16.9. The van der Waals surface area contributed by atoms with E-state index in [9.17, 15) is 26.3 Å². The molecule has 0 aromatic heterocycles. The van der Waals surface area contributed by atoms with Crippen molar-refractivity contribution < 1.29 is 59.9 Å². The second-order valence-electron chi connectivity index (χ2n) is 9.35. The van der Waals surface area contributed by atoms with Crippen LogP contribution in [0, 0.1) is 0 Å². The summed E-state index contributed by atoms with van der Waals surface area (Å²) in [5, 5.41) is 23.0. The Hall–Kier alpha value is -4.01. The van der Waals surface area contributed by atoms with Crippen LogP contribution in [-0.4, -0.2) is 15.6 Å². The molecule has 0 radical (unpaired) electrons. The molecule has 0 saturated carbocycles. The van der Waals surface area contributed by atoms with Gasteiger partial charge in [-0.15, -0.1) is 29.7 Å². The molecule has 230 valence electrons. The molecule has 6 rings (SSSR count). The van der Waals surface area contributed by atoms with E-state index in [4.69, 9.17) is 10.2 Å². The van der Waals surface area contributed by atoms with Gasteiger partial charge in [-0.3, -0.25) is 0 Å². The largest absolute Gasteiger partial charge is 0.168 e. The average molecular weight is 713 g/mol. The Morgan fingerprint density at radius 1 is 0.489 bits per heavy atom. The number of hydrogen-bond acceptors (Lipinski definition) is 2. The van der Waals surface area contributed by atoms with Gasteiger partial charge in [0.05, 0.1) is 11.1 Å². The molecular formula is C35H27F6O2SiZr-. The van der Waals surface area contributed by atoms with Crippen LogP contribution in [0.4, 0.5) is 26.3 Å². The molecule has 0 bridgehead atoms. The maximum Gasteiger partial charge on any atom is -0.0809 e. The Kier molecular flexibility index (Phi) is 13.3. The fourth-order valence-corrected chi connectivity index (χ4v) is 7.59. The zero-order valence-electron chi connectivity index (χ0n) is 23.6. The van der Waals surface area contributed by atoms with Crippen LogP contribution in [0.3, 0.4) is 0 Å². The van der Waals surface area contributed by atoms with Crippen molar-refractivity contribution >= 4 is 26.6 Å². The minimum Gasteiger partial charge on any atom is -0.168 e. The van der Waals surface area contributed by atoms with Crippen molar-refractivity contribution in [2.45, 2.75) is 12.4 Å². The Labute approximate surface area is 272 Å². The number of benzene rings is 5. The van der Waals surface area contributed by atoms with Gasteiger partial charge in [0.15, 0.2) is 0 Å². The third-order valence-electron chi connectivity index (χ3n) is 6.06. The molecule has 0 aliphatic rings. The smallest absolute Gasteiger partial charge is 0.0809 e. The van der Waals surface area contributed by atoms with E-state index in [2.05, 4.69) is 103 Å². The fourth-order valence-electron chi connectivity index (χ4n) is 3.75. The number of rotatable bonds is 2. The summed E-state index contributed by atoms with van der Waals surface area (Å²) >= 11 is 1.64. The third-order valence-corrected chi connectivity index (χ3v) is 12.1. The summed E-state index contributed by atoms with van der Waals surface area (Å²) in [7, 11) is 0. The zero-order valence-corrected chi connectivity index (χ0v) is 27.1. The van der Waals surface area contributed by atoms with Gasteiger partial charge in [-0.05, 0) is 48.5 Å². The predicted molar refractivity (Wildman–Crippen MR) is 164 cm³/mol. The molecule has 0 aliphatic heterocycles. The molecule has 6 aromatic rings. The second-order valence-corrected chi connectivity index (χ2v) is 14.9. The topological polar surface area (TPSA) is 40.5 Å². The normalized spacial score (nSPS) is 10.7. The maximum absolute atomic E-state index is 11.8. The van der Waals surface area contributed by atoms with E-state index in [0.717, 1.165) is 48.5 Å². The summed E-state index contributed by atoms with van der Waals surface area (Å²) in [6.45, 7) is 0. The van der Waals surface area contributed by atoms with Crippen molar-refractivity contribution in [2.24, 2.45) is 0 Å². The van der Waals surface area contributed by atoms with Crippen LogP contribution in [-0.2, 0) is 35.7 Å². The van der Waals surface area contributed by atoms with Crippen LogP contribution in [0.25, 0.3) is 10.8 Å². The summed E-state index contributed by atoms with van der Waals surface area (Å²) in [6.07, 6.45) is -8.65. The summed E-state index contributed by atoms with van der Waals surface area (Å²) in [5.74, 6) is -0.337. The molecule has 0 atom stereocenters. The minimum atomic E-state index is -4.33. The molecule has 0 fully saturated rings. The summed E-state index contributed by atoms with van der Waals surface area (Å²) in [5.41, 5.74) is -1.96. The Balaban J connectivity index is 0.000000166. The molecule has 0 amide bonds. The molecule has 6 aromatic carbocycles. The number of phenols is 2. The molecule has 0 heterocycles. The minimum absolute atomic E-state index is 0.169. The van der Waals surface area contributed by atoms with E-state index in [-0.39, 0.29) is 11.5 Å². The van der Waals surface area contributed by atoms with Crippen molar-refractivity contribution in [3.8, 4) is 11.5 Å².